The highest BCUT2D eigenvalue weighted by Crippen LogP contribution is 2.24. The van der Waals surface area contributed by atoms with Crippen LogP contribution in [0.3, 0.4) is 0 Å². The Labute approximate surface area is 76.8 Å². The molecule has 4 heteroatoms. The average Bonchev–Trinajstić information content (AvgIpc) is 2.27. The first-order chi connectivity index (χ1) is 6.07. The molecule has 0 spiro atoms. The first kappa shape index (κ1) is 10.2. The smallest absolute Gasteiger partial charge is 0.339 e. The van der Waals surface area contributed by atoms with Crippen molar-refractivity contribution in [2.45, 2.75) is 39.1 Å². The topological polar surface area (TPSA) is 66.8 Å². The zero-order chi connectivity index (χ0) is 10.0. The number of cyclic esters (lactones) is 1. The lowest BCUT2D eigenvalue weighted by molar-refractivity contribution is -0.152. The molecule has 1 aliphatic rings. The van der Waals surface area contributed by atoms with E-state index in [2.05, 4.69) is 4.74 Å². The van der Waals surface area contributed by atoms with Gasteiger partial charge in [-0.2, -0.15) is 0 Å². The number of rotatable bonds is 3. The fraction of sp³-hybridized carbons (Fsp3) is 0.667. The number of carbonyl (C=O) groups is 1. The van der Waals surface area contributed by atoms with E-state index in [-0.39, 0.29) is 5.57 Å². The molecule has 0 fully saturated rings. The Kier molecular flexibility index (Phi) is 3.06. The summed E-state index contributed by atoms with van der Waals surface area (Å²) in [6, 6.07) is 0. The maximum absolute atomic E-state index is 11.1. The summed E-state index contributed by atoms with van der Waals surface area (Å²) in [6.07, 6.45) is -0.695. The normalized spacial score (nSPS) is 24.9. The van der Waals surface area contributed by atoms with Crippen molar-refractivity contribution in [3.63, 3.8) is 0 Å². The Morgan fingerprint density at radius 1 is 1.62 bits per heavy atom. The van der Waals surface area contributed by atoms with E-state index in [9.17, 15) is 9.90 Å². The standard InChI is InChI=1S/C9H14O4/c1-3-4-6(10)7-5(2)8(11)13-9(7)12/h6,8,10-11H,3-4H2,1-2H3. The molecule has 0 aromatic rings. The molecule has 1 heterocycles. The highest BCUT2D eigenvalue weighted by atomic mass is 16.6. The van der Waals surface area contributed by atoms with Crippen molar-refractivity contribution in [3.05, 3.63) is 11.1 Å². The zero-order valence-corrected chi connectivity index (χ0v) is 7.78. The van der Waals surface area contributed by atoms with Crippen LogP contribution in [0.4, 0.5) is 0 Å². The predicted octanol–water partition coefficient (Wildman–Crippen LogP) is 0.339. The van der Waals surface area contributed by atoms with Crippen LogP contribution in [0.1, 0.15) is 26.7 Å². The summed E-state index contributed by atoms with van der Waals surface area (Å²) in [4.78, 5) is 11.1. The summed E-state index contributed by atoms with van der Waals surface area (Å²) in [6.45, 7) is 3.50. The molecule has 0 aliphatic carbocycles. The minimum atomic E-state index is -1.17. The SMILES string of the molecule is CCCC(O)C1=C(C)C(O)OC1=O. The summed E-state index contributed by atoms with van der Waals surface area (Å²) in [7, 11) is 0. The molecular formula is C9H14O4. The van der Waals surface area contributed by atoms with Gasteiger partial charge >= 0.3 is 5.97 Å². The van der Waals surface area contributed by atoms with Crippen LogP contribution in [0, 0.1) is 0 Å². The third kappa shape index (κ3) is 1.89. The van der Waals surface area contributed by atoms with Crippen LogP contribution in [-0.4, -0.2) is 28.6 Å². The van der Waals surface area contributed by atoms with Gasteiger partial charge < -0.3 is 14.9 Å². The molecule has 0 radical (unpaired) electrons. The Balaban J connectivity index is 2.82. The second-order valence-corrected chi connectivity index (χ2v) is 3.16. The first-order valence-electron chi connectivity index (χ1n) is 4.35. The van der Waals surface area contributed by atoms with E-state index in [4.69, 9.17) is 5.11 Å². The molecule has 1 rings (SSSR count). The van der Waals surface area contributed by atoms with Crippen molar-refractivity contribution >= 4 is 5.97 Å². The van der Waals surface area contributed by atoms with Gasteiger partial charge in [-0.05, 0) is 13.3 Å². The molecule has 2 atom stereocenters. The van der Waals surface area contributed by atoms with Crippen molar-refractivity contribution in [2.24, 2.45) is 0 Å². The van der Waals surface area contributed by atoms with Crippen molar-refractivity contribution < 1.29 is 19.7 Å². The third-order valence-electron chi connectivity index (χ3n) is 2.13. The van der Waals surface area contributed by atoms with Gasteiger partial charge in [0.15, 0.2) is 0 Å². The van der Waals surface area contributed by atoms with Gasteiger partial charge in [0, 0.05) is 5.57 Å². The minimum absolute atomic E-state index is 0.217. The van der Waals surface area contributed by atoms with Crippen LogP contribution in [0.15, 0.2) is 11.1 Å². The van der Waals surface area contributed by atoms with Crippen LogP contribution >= 0.6 is 0 Å². The van der Waals surface area contributed by atoms with Crippen LogP contribution in [0.5, 0.6) is 0 Å². The second-order valence-electron chi connectivity index (χ2n) is 3.16. The fourth-order valence-corrected chi connectivity index (χ4v) is 1.36. The summed E-state index contributed by atoms with van der Waals surface area (Å²) < 4.78 is 4.54. The molecule has 0 bridgehead atoms. The van der Waals surface area contributed by atoms with Crippen molar-refractivity contribution in [1.82, 2.24) is 0 Å². The van der Waals surface area contributed by atoms with Crippen molar-refractivity contribution in [3.8, 4) is 0 Å². The molecule has 1 aliphatic heterocycles. The molecule has 0 saturated heterocycles. The van der Waals surface area contributed by atoms with Gasteiger partial charge in [0.1, 0.15) is 0 Å². The highest BCUT2D eigenvalue weighted by Gasteiger charge is 2.33. The second kappa shape index (κ2) is 3.89. The van der Waals surface area contributed by atoms with Gasteiger partial charge in [-0.3, -0.25) is 0 Å². The van der Waals surface area contributed by atoms with E-state index in [1.54, 1.807) is 6.92 Å². The molecule has 0 amide bonds. The number of hydrogen-bond donors (Lipinski definition) is 2. The van der Waals surface area contributed by atoms with Gasteiger partial charge in [-0.1, -0.05) is 13.3 Å². The Morgan fingerprint density at radius 3 is 2.62 bits per heavy atom. The minimum Gasteiger partial charge on any atom is -0.428 e. The van der Waals surface area contributed by atoms with E-state index in [1.165, 1.54) is 0 Å². The van der Waals surface area contributed by atoms with Crippen LogP contribution in [0.2, 0.25) is 0 Å². The van der Waals surface area contributed by atoms with E-state index in [0.29, 0.717) is 12.0 Å². The quantitative estimate of drug-likeness (QED) is 0.624. The van der Waals surface area contributed by atoms with Gasteiger partial charge in [0.25, 0.3) is 0 Å². The molecule has 0 aromatic heterocycles. The van der Waals surface area contributed by atoms with E-state index in [0.717, 1.165) is 6.42 Å². The number of hydrogen-bond acceptors (Lipinski definition) is 4. The Morgan fingerprint density at radius 2 is 2.23 bits per heavy atom. The first-order valence-corrected chi connectivity index (χ1v) is 4.35. The van der Waals surface area contributed by atoms with Gasteiger partial charge in [0.05, 0.1) is 11.7 Å². The number of ether oxygens (including phenoxy) is 1. The van der Waals surface area contributed by atoms with Gasteiger partial charge in [0.2, 0.25) is 6.29 Å². The van der Waals surface area contributed by atoms with Crippen LogP contribution in [0.25, 0.3) is 0 Å². The summed E-state index contributed by atoms with van der Waals surface area (Å²) in [5.41, 5.74) is 0.639. The highest BCUT2D eigenvalue weighted by molar-refractivity contribution is 5.92. The fourth-order valence-electron chi connectivity index (χ4n) is 1.36. The molecule has 2 unspecified atom stereocenters. The van der Waals surface area contributed by atoms with Crippen LogP contribution in [-0.2, 0) is 9.53 Å². The summed E-state index contributed by atoms with van der Waals surface area (Å²) >= 11 is 0. The van der Waals surface area contributed by atoms with Crippen LogP contribution < -0.4 is 0 Å². The Bertz CT molecular complexity index is 244. The van der Waals surface area contributed by atoms with Crippen molar-refractivity contribution in [1.29, 1.82) is 0 Å². The lowest BCUT2D eigenvalue weighted by Gasteiger charge is -2.07. The summed E-state index contributed by atoms with van der Waals surface area (Å²) in [5.74, 6) is -0.606. The predicted molar refractivity (Wildman–Crippen MR) is 45.7 cm³/mol. The molecule has 74 valence electrons. The third-order valence-corrected chi connectivity index (χ3v) is 2.13. The lowest BCUT2D eigenvalue weighted by Crippen LogP contribution is -2.16. The monoisotopic (exact) mass is 186 g/mol. The number of aliphatic hydroxyl groups is 2. The molecule has 0 saturated carbocycles. The molecule has 13 heavy (non-hydrogen) atoms. The van der Waals surface area contributed by atoms with E-state index < -0.39 is 18.4 Å². The number of esters is 1. The van der Waals surface area contributed by atoms with Gasteiger partial charge in [-0.25, -0.2) is 4.79 Å². The maximum Gasteiger partial charge on any atom is 0.339 e. The number of aliphatic hydroxyl groups excluding tert-OH is 2. The molecule has 0 aromatic carbocycles. The lowest BCUT2D eigenvalue weighted by atomic mass is 10.0. The average molecular weight is 186 g/mol. The molecule has 4 nitrogen and oxygen atoms in total. The maximum atomic E-state index is 11.1. The number of carbonyl (C=O) groups excluding carboxylic acids is 1. The van der Waals surface area contributed by atoms with E-state index in [1.807, 2.05) is 6.92 Å². The van der Waals surface area contributed by atoms with Crippen molar-refractivity contribution in [2.75, 3.05) is 0 Å². The van der Waals surface area contributed by atoms with Gasteiger partial charge in [-0.15, -0.1) is 0 Å². The molecular weight excluding hydrogens is 172 g/mol. The molecule has 2 N–H and O–H groups in total. The Hall–Kier alpha value is -0.870. The summed E-state index contributed by atoms with van der Waals surface area (Å²) in [5, 5.41) is 18.7. The van der Waals surface area contributed by atoms with E-state index >= 15 is 0 Å². The largest absolute Gasteiger partial charge is 0.428 e. The zero-order valence-electron chi connectivity index (χ0n) is 7.78.